The highest BCUT2D eigenvalue weighted by atomic mass is 16.3. The second kappa shape index (κ2) is 5.25. The van der Waals surface area contributed by atoms with E-state index in [2.05, 4.69) is 10.6 Å². The van der Waals surface area contributed by atoms with Gasteiger partial charge in [0.05, 0.1) is 0 Å². The number of aryl methyl sites for hydroxylation is 1. The Morgan fingerprint density at radius 2 is 2.37 bits per heavy atom. The molecule has 104 valence electrons. The summed E-state index contributed by atoms with van der Waals surface area (Å²) in [5.74, 6) is 2.47. The third-order valence-electron chi connectivity index (χ3n) is 4.06. The van der Waals surface area contributed by atoms with E-state index >= 15 is 0 Å². The van der Waals surface area contributed by atoms with Crippen LogP contribution in [0.3, 0.4) is 0 Å². The summed E-state index contributed by atoms with van der Waals surface area (Å²) in [5, 5.41) is 6.35. The molecule has 3 rings (SSSR count). The molecule has 0 aromatic carbocycles. The van der Waals surface area contributed by atoms with Crippen LogP contribution >= 0.6 is 0 Å². The fraction of sp³-hybridized carbons (Fsp3) is 0.643. The van der Waals surface area contributed by atoms with Crippen molar-refractivity contribution in [1.29, 1.82) is 0 Å². The van der Waals surface area contributed by atoms with Crippen molar-refractivity contribution in [1.82, 2.24) is 15.5 Å². The van der Waals surface area contributed by atoms with Crippen LogP contribution in [0.4, 0.5) is 4.79 Å². The molecule has 2 aliphatic rings. The lowest BCUT2D eigenvalue weighted by Gasteiger charge is -2.16. The third kappa shape index (κ3) is 2.76. The van der Waals surface area contributed by atoms with Crippen LogP contribution in [-0.4, -0.2) is 37.1 Å². The van der Waals surface area contributed by atoms with Crippen molar-refractivity contribution in [2.45, 2.75) is 25.8 Å². The minimum Gasteiger partial charge on any atom is -0.464 e. The average Bonchev–Trinajstić information content (AvgIpc) is 3.08. The lowest BCUT2D eigenvalue weighted by atomic mass is 10.1. The number of rotatable bonds is 4. The monoisotopic (exact) mass is 263 g/mol. The van der Waals surface area contributed by atoms with Crippen molar-refractivity contribution in [3.8, 4) is 0 Å². The van der Waals surface area contributed by atoms with Crippen LogP contribution in [0.5, 0.6) is 0 Å². The maximum atomic E-state index is 11.9. The molecule has 2 unspecified atom stereocenters. The largest absolute Gasteiger partial charge is 0.464 e. The van der Waals surface area contributed by atoms with Gasteiger partial charge in [-0.3, -0.25) is 0 Å². The van der Waals surface area contributed by atoms with Gasteiger partial charge in [0, 0.05) is 13.1 Å². The van der Waals surface area contributed by atoms with E-state index in [9.17, 15) is 4.79 Å². The molecule has 0 bridgehead atoms. The van der Waals surface area contributed by atoms with Gasteiger partial charge in [0.2, 0.25) is 0 Å². The summed E-state index contributed by atoms with van der Waals surface area (Å²) in [6.07, 6.45) is 2.32. The summed E-state index contributed by atoms with van der Waals surface area (Å²) in [5.41, 5.74) is 0. The van der Waals surface area contributed by atoms with Gasteiger partial charge in [-0.1, -0.05) is 0 Å². The first kappa shape index (κ1) is 12.5. The van der Waals surface area contributed by atoms with E-state index in [0.29, 0.717) is 6.54 Å². The third-order valence-corrected chi connectivity index (χ3v) is 4.06. The molecule has 0 saturated carbocycles. The van der Waals surface area contributed by atoms with Crippen molar-refractivity contribution in [2.75, 3.05) is 26.2 Å². The highest BCUT2D eigenvalue weighted by molar-refractivity contribution is 5.77. The normalized spacial score (nSPS) is 27.0. The number of urea groups is 1. The smallest absolute Gasteiger partial charge is 0.318 e. The molecule has 0 aliphatic carbocycles. The zero-order chi connectivity index (χ0) is 13.2. The Bertz CT molecular complexity index is 451. The molecule has 2 fully saturated rings. The van der Waals surface area contributed by atoms with E-state index in [0.717, 1.165) is 43.5 Å². The maximum Gasteiger partial charge on any atom is 0.318 e. The van der Waals surface area contributed by atoms with Crippen molar-refractivity contribution < 1.29 is 9.21 Å². The second-order valence-corrected chi connectivity index (χ2v) is 5.54. The lowest BCUT2D eigenvalue weighted by molar-refractivity contribution is 0.214. The first-order valence-electron chi connectivity index (χ1n) is 7.05. The summed E-state index contributed by atoms with van der Waals surface area (Å²) in [6, 6.07) is 3.92. The van der Waals surface area contributed by atoms with Crippen molar-refractivity contribution in [3.63, 3.8) is 0 Å². The van der Waals surface area contributed by atoms with E-state index in [1.54, 1.807) is 0 Å². The SMILES string of the molecule is Cc1ccc(C2CN(CCC3CCNC3)C(=O)N2)o1. The highest BCUT2D eigenvalue weighted by Crippen LogP contribution is 2.23. The number of nitrogens with zero attached hydrogens (tertiary/aromatic N) is 1. The second-order valence-electron chi connectivity index (χ2n) is 5.54. The van der Waals surface area contributed by atoms with Gasteiger partial charge in [0.15, 0.2) is 0 Å². The van der Waals surface area contributed by atoms with Crippen LogP contribution in [0.15, 0.2) is 16.5 Å². The Morgan fingerprint density at radius 3 is 3.05 bits per heavy atom. The number of carbonyl (C=O) groups excluding carboxylic acids is 1. The molecular weight excluding hydrogens is 242 g/mol. The molecule has 2 N–H and O–H groups in total. The van der Waals surface area contributed by atoms with Crippen LogP contribution in [0.25, 0.3) is 0 Å². The zero-order valence-electron chi connectivity index (χ0n) is 11.3. The van der Waals surface area contributed by atoms with Gasteiger partial charge in [0.1, 0.15) is 17.6 Å². The van der Waals surface area contributed by atoms with Crippen LogP contribution in [0, 0.1) is 12.8 Å². The number of nitrogens with one attached hydrogen (secondary N) is 2. The number of furan rings is 1. The number of hydrogen-bond acceptors (Lipinski definition) is 3. The van der Waals surface area contributed by atoms with Crippen molar-refractivity contribution in [2.24, 2.45) is 5.92 Å². The van der Waals surface area contributed by atoms with Crippen molar-refractivity contribution in [3.05, 3.63) is 23.7 Å². The van der Waals surface area contributed by atoms with Gasteiger partial charge < -0.3 is 20.0 Å². The summed E-state index contributed by atoms with van der Waals surface area (Å²) >= 11 is 0. The molecule has 2 atom stereocenters. The number of carbonyl (C=O) groups is 1. The molecular formula is C14H21N3O2. The molecule has 2 amide bonds. The van der Waals surface area contributed by atoms with Gasteiger partial charge in [-0.2, -0.15) is 0 Å². The average molecular weight is 263 g/mol. The highest BCUT2D eigenvalue weighted by Gasteiger charge is 2.31. The van der Waals surface area contributed by atoms with Gasteiger partial charge in [-0.05, 0) is 50.9 Å². The molecule has 19 heavy (non-hydrogen) atoms. The Hall–Kier alpha value is -1.49. The molecule has 1 aromatic rings. The zero-order valence-corrected chi connectivity index (χ0v) is 11.3. The van der Waals surface area contributed by atoms with E-state index < -0.39 is 0 Å². The minimum atomic E-state index is 0.00269. The maximum absolute atomic E-state index is 11.9. The molecule has 0 spiro atoms. The summed E-state index contributed by atoms with van der Waals surface area (Å²) in [7, 11) is 0. The Labute approximate surface area is 113 Å². The van der Waals surface area contributed by atoms with E-state index in [1.807, 2.05) is 24.0 Å². The van der Waals surface area contributed by atoms with Crippen LogP contribution < -0.4 is 10.6 Å². The number of amides is 2. The van der Waals surface area contributed by atoms with Gasteiger partial charge in [-0.15, -0.1) is 0 Å². The Kier molecular flexibility index (Phi) is 3.46. The predicted molar refractivity (Wildman–Crippen MR) is 71.9 cm³/mol. The van der Waals surface area contributed by atoms with Gasteiger partial charge in [-0.25, -0.2) is 4.79 Å². The predicted octanol–water partition coefficient (Wildman–Crippen LogP) is 1.65. The standard InChI is InChI=1S/C14H21N3O2/c1-10-2-3-13(19-10)12-9-17(14(18)16-12)7-5-11-4-6-15-8-11/h2-3,11-12,15H,4-9H2,1H3,(H,16,18). The molecule has 2 saturated heterocycles. The molecule has 0 radical (unpaired) electrons. The topological polar surface area (TPSA) is 57.5 Å². The van der Waals surface area contributed by atoms with Crippen LogP contribution in [0.2, 0.25) is 0 Å². The minimum absolute atomic E-state index is 0.00269. The lowest BCUT2D eigenvalue weighted by Crippen LogP contribution is -2.30. The molecule has 3 heterocycles. The van der Waals surface area contributed by atoms with Gasteiger partial charge >= 0.3 is 6.03 Å². The van der Waals surface area contributed by atoms with Crippen LogP contribution in [0.1, 0.15) is 30.4 Å². The molecule has 1 aromatic heterocycles. The fourth-order valence-corrected chi connectivity index (χ4v) is 2.88. The summed E-state index contributed by atoms with van der Waals surface area (Å²) < 4.78 is 5.59. The van der Waals surface area contributed by atoms with Crippen molar-refractivity contribution >= 4 is 6.03 Å². The quantitative estimate of drug-likeness (QED) is 0.868. The molecule has 5 heteroatoms. The summed E-state index contributed by atoms with van der Waals surface area (Å²) in [6.45, 7) is 5.69. The van der Waals surface area contributed by atoms with Gasteiger partial charge in [0.25, 0.3) is 0 Å². The Morgan fingerprint density at radius 1 is 1.47 bits per heavy atom. The van der Waals surface area contributed by atoms with Crippen LogP contribution in [-0.2, 0) is 0 Å². The Balaban J connectivity index is 1.54. The van der Waals surface area contributed by atoms with E-state index in [1.165, 1.54) is 6.42 Å². The summed E-state index contributed by atoms with van der Waals surface area (Å²) in [4.78, 5) is 13.8. The first-order valence-corrected chi connectivity index (χ1v) is 7.05. The first-order chi connectivity index (χ1) is 9.22. The van der Waals surface area contributed by atoms with E-state index in [4.69, 9.17) is 4.42 Å². The fourth-order valence-electron chi connectivity index (χ4n) is 2.88. The number of hydrogen-bond donors (Lipinski definition) is 2. The molecule has 5 nitrogen and oxygen atoms in total. The molecule has 2 aliphatic heterocycles. The van der Waals surface area contributed by atoms with E-state index in [-0.39, 0.29) is 12.1 Å².